The summed E-state index contributed by atoms with van der Waals surface area (Å²) in [6, 6.07) is 1.65. The highest BCUT2D eigenvalue weighted by atomic mass is 32.2. The SMILES string of the molecule is CCN(CC)CC.CCN(CC)CC.Nc1ncnc2c1ncn2[C@@H]1O[C@H](COP(=O)(O)OP(=O)(O)OC[C@H]2O[C@@H](n3ccc(NCCNC(=O)CCCCCNC(=O)CCCCCNC(=O)CCCC[C@@H]4SC[C@@H]5NC(=O)N[C@@H]54)nc3=O)[C@H](O)[C@@H]2O)[C@@H](O)[C@H]1O. The molecule has 7 rings (SSSR count). The molecule has 0 aromatic carbocycles. The molecule has 0 spiro atoms. The molecule has 4 aliphatic heterocycles. The summed E-state index contributed by atoms with van der Waals surface area (Å²) in [7, 11) is -10.9. The average molecular weight is 1350 g/mol. The Morgan fingerprint density at radius 2 is 1.19 bits per heavy atom. The van der Waals surface area contributed by atoms with Crippen LogP contribution in [0.2, 0.25) is 0 Å². The number of phosphoric acid groups is 2. The highest BCUT2D eigenvalue weighted by Crippen LogP contribution is 2.61. The van der Waals surface area contributed by atoms with E-state index in [9.17, 15) is 63.3 Å². The molecule has 7 heterocycles. The summed E-state index contributed by atoms with van der Waals surface area (Å²) in [6.45, 7) is 19.8. The minimum absolute atomic E-state index is 0.0304. The van der Waals surface area contributed by atoms with Crippen LogP contribution in [0.25, 0.3) is 11.2 Å². The number of nitrogens with one attached hydrogen (secondary N) is 6. The van der Waals surface area contributed by atoms with Gasteiger partial charge in [0.05, 0.1) is 31.6 Å². The maximum atomic E-state index is 12.9. The number of phosphoric ester groups is 2. The quantitative estimate of drug-likeness (QED) is 0.0221. The molecular weight excluding hydrogens is 1250 g/mol. The van der Waals surface area contributed by atoms with Gasteiger partial charge in [0.1, 0.15) is 54.3 Å². The molecular formula is C55H97N15O18P2S. The number of anilines is 2. The number of carbonyl (C=O) groups is 4. The molecule has 4 aliphatic rings. The van der Waals surface area contributed by atoms with Gasteiger partial charge in [0.2, 0.25) is 17.7 Å². The molecule has 5 amide bonds. The van der Waals surface area contributed by atoms with Gasteiger partial charge in [-0.15, -0.1) is 0 Å². The van der Waals surface area contributed by atoms with Crippen molar-refractivity contribution in [3.8, 4) is 0 Å². The van der Waals surface area contributed by atoms with E-state index < -0.39 is 83.6 Å². The number of thioether (sulfide) groups is 1. The number of aliphatic hydroxyl groups excluding tert-OH is 4. The van der Waals surface area contributed by atoms with E-state index in [2.05, 4.69) is 107 Å². The van der Waals surface area contributed by atoms with Crippen molar-refractivity contribution in [3.05, 3.63) is 35.4 Å². The lowest BCUT2D eigenvalue weighted by Crippen LogP contribution is -2.36. The number of unbranched alkanes of at least 4 members (excludes halogenated alkanes) is 5. The Balaban J connectivity index is 0.000000961. The summed E-state index contributed by atoms with van der Waals surface area (Å²) in [4.78, 5) is 102. The Morgan fingerprint density at radius 1 is 0.681 bits per heavy atom. The van der Waals surface area contributed by atoms with E-state index in [4.69, 9.17) is 24.3 Å². The Kier molecular flexibility index (Phi) is 32.9. The normalized spacial score (nSPS) is 24.7. The second-order valence-electron chi connectivity index (χ2n) is 22.0. The first kappa shape index (κ1) is 76.7. The number of nitrogen functional groups attached to an aromatic ring is 1. The van der Waals surface area contributed by atoms with Crippen LogP contribution in [-0.4, -0.2) is 231 Å². The van der Waals surface area contributed by atoms with Crippen molar-refractivity contribution < 1.29 is 81.4 Å². The largest absolute Gasteiger partial charge is 0.481 e. The van der Waals surface area contributed by atoms with Crippen molar-refractivity contribution >= 4 is 74.0 Å². The van der Waals surface area contributed by atoms with Crippen molar-refractivity contribution in [1.82, 2.24) is 65.5 Å². The minimum Gasteiger partial charge on any atom is -0.387 e. The predicted octanol–water partition coefficient (Wildman–Crippen LogP) is 1.46. The molecule has 0 radical (unpaired) electrons. The molecule has 13 atom stereocenters. The maximum absolute atomic E-state index is 12.9. The van der Waals surface area contributed by atoms with Gasteiger partial charge in [0, 0.05) is 62.6 Å². The summed E-state index contributed by atoms with van der Waals surface area (Å²) in [5.74, 6) is 0.871. The molecule has 0 aliphatic carbocycles. The molecule has 14 N–H and O–H groups in total. The van der Waals surface area contributed by atoms with Gasteiger partial charge >= 0.3 is 27.4 Å². The number of fused-ring (bicyclic) bond motifs is 2. The Labute approximate surface area is 534 Å². The van der Waals surface area contributed by atoms with E-state index >= 15 is 0 Å². The zero-order valence-corrected chi connectivity index (χ0v) is 55.5. The van der Waals surface area contributed by atoms with E-state index in [1.165, 1.54) is 62.4 Å². The van der Waals surface area contributed by atoms with Crippen LogP contribution in [0, 0.1) is 0 Å². The summed E-state index contributed by atoms with van der Waals surface area (Å²) in [6.07, 6.45) is -1.05. The summed E-state index contributed by atoms with van der Waals surface area (Å²) >= 11 is 1.87. The first-order chi connectivity index (χ1) is 43.5. The van der Waals surface area contributed by atoms with E-state index in [0.717, 1.165) is 55.2 Å². The minimum atomic E-state index is -5.48. The lowest BCUT2D eigenvalue weighted by molar-refractivity contribution is -0.122. The molecule has 3 aromatic heterocycles. The molecule has 4 fully saturated rings. The Bertz CT molecular complexity index is 2860. The second kappa shape index (κ2) is 39.0. The van der Waals surface area contributed by atoms with Crippen LogP contribution >= 0.6 is 27.4 Å². The monoisotopic (exact) mass is 1350 g/mol. The van der Waals surface area contributed by atoms with Crippen LogP contribution in [0.5, 0.6) is 0 Å². The van der Waals surface area contributed by atoms with Gasteiger partial charge < -0.3 is 87.1 Å². The average Bonchev–Trinajstić information content (AvgIpc) is 1.67. The fourth-order valence-corrected chi connectivity index (χ4v) is 14.0. The number of hydrogen-bond donors (Lipinski definition) is 13. The van der Waals surface area contributed by atoms with Gasteiger partial charge in [-0.05, 0) is 83.9 Å². The third kappa shape index (κ3) is 24.7. The maximum Gasteiger partial charge on any atom is 0.481 e. The Hall–Kier alpha value is -5.00. The fraction of sp³-hybridized carbons (Fsp3) is 0.764. The van der Waals surface area contributed by atoms with E-state index in [-0.39, 0.29) is 78.1 Å². The first-order valence-electron chi connectivity index (χ1n) is 31.4. The van der Waals surface area contributed by atoms with Crippen LogP contribution < -0.4 is 43.3 Å². The topological polar surface area (TPSA) is 453 Å². The molecule has 91 heavy (non-hydrogen) atoms. The number of aromatic nitrogens is 6. The van der Waals surface area contributed by atoms with Crippen molar-refractivity contribution in [2.75, 3.05) is 95.5 Å². The fourth-order valence-electron chi connectivity index (χ4n) is 10.4. The molecule has 0 bridgehead atoms. The van der Waals surface area contributed by atoms with Crippen molar-refractivity contribution in [2.45, 2.75) is 185 Å². The number of rotatable bonds is 37. The van der Waals surface area contributed by atoms with Crippen LogP contribution in [0.15, 0.2) is 29.7 Å². The van der Waals surface area contributed by atoms with Gasteiger partial charge in [-0.3, -0.25) is 32.6 Å². The van der Waals surface area contributed by atoms with E-state index in [1.54, 1.807) is 0 Å². The number of imidazole rings is 1. The number of aliphatic hydroxyl groups is 4. The number of nitrogens with two attached hydrogens (primary N) is 1. The number of nitrogens with zero attached hydrogens (tertiary/aromatic N) is 8. The molecule has 0 saturated carbocycles. The number of hydrogen-bond acceptors (Lipinski definition) is 25. The van der Waals surface area contributed by atoms with Crippen molar-refractivity contribution in [3.63, 3.8) is 0 Å². The summed E-state index contributed by atoms with van der Waals surface area (Å²) in [5, 5.41) is 60.2. The van der Waals surface area contributed by atoms with Crippen LogP contribution in [-0.2, 0) is 46.3 Å². The highest BCUT2D eigenvalue weighted by molar-refractivity contribution is 8.00. The number of amides is 5. The summed E-state index contributed by atoms with van der Waals surface area (Å²) in [5.41, 5.74) is 5.18. The number of carbonyl (C=O) groups excluding carboxylic acids is 4. The smallest absolute Gasteiger partial charge is 0.387 e. The third-order valence-electron chi connectivity index (χ3n) is 15.8. The highest BCUT2D eigenvalue weighted by Gasteiger charge is 2.48. The molecule has 2 unspecified atom stereocenters. The third-order valence-corrected chi connectivity index (χ3v) is 19.9. The molecule has 3 aromatic rings. The van der Waals surface area contributed by atoms with Crippen molar-refractivity contribution in [2.24, 2.45) is 0 Å². The van der Waals surface area contributed by atoms with Crippen LogP contribution in [0.4, 0.5) is 16.4 Å². The van der Waals surface area contributed by atoms with Gasteiger partial charge in [0.25, 0.3) is 0 Å². The molecule has 33 nitrogen and oxygen atoms in total. The van der Waals surface area contributed by atoms with Crippen LogP contribution in [0.3, 0.4) is 0 Å². The van der Waals surface area contributed by atoms with Gasteiger partial charge in [-0.25, -0.2) is 33.7 Å². The Morgan fingerprint density at radius 3 is 1.69 bits per heavy atom. The lowest BCUT2D eigenvalue weighted by atomic mass is 10.0. The zero-order valence-electron chi connectivity index (χ0n) is 52.9. The van der Waals surface area contributed by atoms with Gasteiger partial charge in [-0.1, -0.05) is 60.8 Å². The molecule has 36 heteroatoms. The second-order valence-corrected chi connectivity index (χ2v) is 26.3. The number of ether oxygens (including phenoxy) is 2. The van der Waals surface area contributed by atoms with Crippen LogP contribution in [0.1, 0.15) is 131 Å². The zero-order chi connectivity index (χ0) is 66.7. The predicted molar refractivity (Wildman–Crippen MR) is 338 cm³/mol. The van der Waals surface area contributed by atoms with Gasteiger partial charge in [0.15, 0.2) is 23.9 Å². The summed E-state index contributed by atoms with van der Waals surface area (Å²) < 4.78 is 52.4. The number of urea groups is 1. The standard InChI is InChI=1S/C43H67N13O18P2S.2C6H15N/c44-38-33-39(50-22-49-38)56(23-51-33)41-37(63)35(61)26(73-41)20-71-76(68,69)74-75(66,67)70-19-25-34(60)36(62)40(72-25)55-18-13-28(53-43(55)65)45-16-17-48-31(59)11-4-2-8-14-46-29(57)10-3-1-7-15-47-30(58)12-6-5-9-27-32-24(21-77-27)52-42(64)54-32;2*1-4-7(5-2)6-3/h13,18,22-27,32,34-37,40-41,60-63H,1-12,14-17,19-21H2,(H,46,57)(H,47,58)(H,48,59)(H,66,67)(H,68,69)(H2,44,49,50)(H,45,53,65)(H2,52,54,64);2*4-6H2,1-3H3/t24-,25+,26+,27-,32-,34+,35+,36+,37+,40+,41+;;/m0../s1. The molecule has 4 saturated heterocycles. The lowest BCUT2D eigenvalue weighted by Gasteiger charge is -2.20. The van der Waals surface area contributed by atoms with E-state index in [1.807, 2.05) is 11.8 Å². The van der Waals surface area contributed by atoms with E-state index in [0.29, 0.717) is 50.4 Å². The van der Waals surface area contributed by atoms with Gasteiger partial charge in [-0.2, -0.15) is 21.1 Å². The van der Waals surface area contributed by atoms with Crippen molar-refractivity contribution in [1.29, 1.82) is 0 Å². The molecule has 516 valence electrons. The first-order valence-corrected chi connectivity index (χ1v) is 35.4.